The van der Waals surface area contributed by atoms with E-state index in [2.05, 4.69) is 19.1 Å². The number of rotatable bonds is 9. The topological polar surface area (TPSA) is 17.1 Å². The molecule has 0 rings (SSSR count). The van der Waals surface area contributed by atoms with Crippen molar-refractivity contribution in [3.63, 3.8) is 0 Å². The van der Waals surface area contributed by atoms with Crippen molar-refractivity contribution in [1.29, 1.82) is 0 Å². The summed E-state index contributed by atoms with van der Waals surface area (Å²) < 4.78 is 0. The van der Waals surface area contributed by atoms with Gasteiger partial charge in [-0.2, -0.15) is 0 Å². The SMILES string of the molecule is CCCCCCCC=CCC=CC=O. The Bertz CT molecular complexity index is 168. The maximum Gasteiger partial charge on any atom is 0.142 e. The summed E-state index contributed by atoms with van der Waals surface area (Å²) >= 11 is 0. The molecule has 0 aliphatic carbocycles. The molecular formula is C13H22O. The van der Waals surface area contributed by atoms with Crippen LogP contribution in [0.3, 0.4) is 0 Å². The van der Waals surface area contributed by atoms with Crippen molar-refractivity contribution in [1.82, 2.24) is 0 Å². The second-order valence-corrected chi connectivity index (χ2v) is 3.47. The van der Waals surface area contributed by atoms with Crippen LogP contribution in [0.2, 0.25) is 0 Å². The average molecular weight is 194 g/mol. The van der Waals surface area contributed by atoms with Gasteiger partial charge in [0.05, 0.1) is 0 Å². The zero-order valence-corrected chi connectivity index (χ0v) is 9.24. The van der Waals surface area contributed by atoms with Crippen molar-refractivity contribution in [2.75, 3.05) is 0 Å². The summed E-state index contributed by atoms with van der Waals surface area (Å²) in [6.07, 6.45) is 17.3. The molecule has 0 aromatic carbocycles. The van der Waals surface area contributed by atoms with Gasteiger partial charge in [-0.25, -0.2) is 0 Å². The second kappa shape index (κ2) is 12.2. The Labute approximate surface area is 87.9 Å². The molecule has 0 aliphatic heterocycles. The first kappa shape index (κ1) is 13.2. The largest absolute Gasteiger partial charge is 0.299 e. The molecule has 0 amide bonds. The number of hydrogen-bond donors (Lipinski definition) is 0. The second-order valence-electron chi connectivity index (χ2n) is 3.47. The van der Waals surface area contributed by atoms with Gasteiger partial charge in [-0.15, -0.1) is 0 Å². The monoisotopic (exact) mass is 194 g/mol. The van der Waals surface area contributed by atoms with Gasteiger partial charge in [0.25, 0.3) is 0 Å². The summed E-state index contributed by atoms with van der Waals surface area (Å²) in [6, 6.07) is 0. The van der Waals surface area contributed by atoms with Gasteiger partial charge in [-0.05, 0) is 25.3 Å². The number of hydrogen-bond acceptors (Lipinski definition) is 1. The molecule has 0 fully saturated rings. The van der Waals surface area contributed by atoms with Crippen LogP contribution in [0.5, 0.6) is 0 Å². The number of allylic oxidation sites excluding steroid dienone is 4. The van der Waals surface area contributed by atoms with Crippen molar-refractivity contribution < 1.29 is 4.79 Å². The molecule has 1 heteroatoms. The van der Waals surface area contributed by atoms with E-state index in [-0.39, 0.29) is 0 Å². The van der Waals surface area contributed by atoms with Gasteiger partial charge in [-0.3, -0.25) is 4.79 Å². The van der Waals surface area contributed by atoms with E-state index in [1.54, 1.807) is 6.08 Å². The van der Waals surface area contributed by atoms with E-state index >= 15 is 0 Å². The van der Waals surface area contributed by atoms with Crippen LogP contribution in [-0.2, 0) is 4.79 Å². The Morgan fingerprint density at radius 1 is 0.929 bits per heavy atom. The highest BCUT2D eigenvalue weighted by Crippen LogP contribution is 2.05. The molecule has 0 spiro atoms. The minimum atomic E-state index is 0.818. The third-order valence-electron chi connectivity index (χ3n) is 2.13. The van der Waals surface area contributed by atoms with Crippen LogP contribution in [0.15, 0.2) is 24.3 Å². The molecule has 0 aromatic heterocycles. The van der Waals surface area contributed by atoms with Crippen LogP contribution in [0.4, 0.5) is 0 Å². The van der Waals surface area contributed by atoms with E-state index in [0.717, 1.165) is 12.7 Å². The Morgan fingerprint density at radius 3 is 2.43 bits per heavy atom. The van der Waals surface area contributed by atoms with Crippen molar-refractivity contribution in [3.8, 4) is 0 Å². The third kappa shape index (κ3) is 11.2. The average Bonchev–Trinajstić information content (AvgIpc) is 2.21. The summed E-state index contributed by atoms with van der Waals surface area (Å²) in [5, 5.41) is 0. The van der Waals surface area contributed by atoms with Gasteiger partial charge in [0, 0.05) is 0 Å². The van der Waals surface area contributed by atoms with E-state index in [1.165, 1.54) is 38.5 Å². The van der Waals surface area contributed by atoms with E-state index < -0.39 is 0 Å². The van der Waals surface area contributed by atoms with Gasteiger partial charge < -0.3 is 0 Å². The number of carbonyl (C=O) groups excluding carboxylic acids is 1. The highest BCUT2D eigenvalue weighted by Gasteiger charge is 1.85. The summed E-state index contributed by atoms with van der Waals surface area (Å²) in [4.78, 5) is 9.93. The molecule has 0 heterocycles. The highest BCUT2D eigenvalue weighted by molar-refractivity contribution is 5.64. The van der Waals surface area contributed by atoms with Gasteiger partial charge in [0.1, 0.15) is 6.29 Å². The zero-order chi connectivity index (χ0) is 10.5. The van der Waals surface area contributed by atoms with Crippen molar-refractivity contribution in [3.05, 3.63) is 24.3 Å². The minimum Gasteiger partial charge on any atom is -0.299 e. The Kier molecular flexibility index (Phi) is 11.4. The van der Waals surface area contributed by atoms with Crippen molar-refractivity contribution in [2.45, 2.75) is 51.9 Å². The maximum atomic E-state index is 9.93. The lowest BCUT2D eigenvalue weighted by Crippen LogP contribution is -1.75. The van der Waals surface area contributed by atoms with Crippen LogP contribution in [0, 0.1) is 0 Å². The minimum absolute atomic E-state index is 0.818. The van der Waals surface area contributed by atoms with Crippen LogP contribution < -0.4 is 0 Å². The Morgan fingerprint density at radius 2 is 1.71 bits per heavy atom. The lowest BCUT2D eigenvalue weighted by atomic mass is 10.1. The van der Waals surface area contributed by atoms with Crippen LogP contribution >= 0.6 is 0 Å². The van der Waals surface area contributed by atoms with Gasteiger partial charge >= 0.3 is 0 Å². The standard InChI is InChI=1S/C13H22O/c1-2-3-4-5-6-7-8-9-10-11-12-13-14/h8-9,11-13H,2-7,10H2,1H3. The first-order chi connectivity index (χ1) is 6.91. The Hall–Kier alpha value is -0.850. The first-order valence-electron chi connectivity index (χ1n) is 5.67. The molecule has 80 valence electrons. The molecule has 0 unspecified atom stereocenters. The smallest absolute Gasteiger partial charge is 0.142 e. The molecule has 0 N–H and O–H groups in total. The fraction of sp³-hybridized carbons (Fsp3) is 0.615. The first-order valence-corrected chi connectivity index (χ1v) is 5.67. The fourth-order valence-electron chi connectivity index (χ4n) is 1.29. The van der Waals surface area contributed by atoms with Gasteiger partial charge in [-0.1, -0.05) is 50.8 Å². The molecule has 0 aliphatic rings. The summed E-state index contributed by atoms with van der Waals surface area (Å²) in [5.74, 6) is 0. The molecule has 0 bridgehead atoms. The zero-order valence-electron chi connectivity index (χ0n) is 9.24. The van der Waals surface area contributed by atoms with Crippen molar-refractivity contribution in [2.24, 2.45) is 0 Å². The fourth-order valence-corrected chi connectivity index (χ4v) is 1.29. The highest BCUT2D eigenvalue weighted by atomic mass is 16.1. The molecule has 0 atom stereocenters. The predicted octanol–water partition coefficient (Wildman–Crippen LogP) is 4.05. The van der Waals surface area contributed by atoms with E-state index in [1.807, 2.05) is 6.08 Å². The van der Waals surface area contributed by atoms with Crippen LogP contribution in [0.25, 0.3) is 0 Å². The predicted molar refractivity (Wildman–Crippen MR) is 62.3 cm³/mol. The Balaban J connectivity index is 3.10. The third-order valence-corrected chi connectivity index (χ3v) is 2.13. The molecule has 0 aromatic rings. The molecule has 0 saturated heterocycles. The number of aldehydes is 1. The van der Waals surface area contributed by atoms with Crippen molar-refractivity contribution >= 4 is 6.29 Å². The molecule has 1 nitrogen and oxygen atoms in total. The van der Waals surface area contributed by atoms with Gasteiger partial charge in [0.15, 0.2) is 0 Å². The van der Waals surface area contributed by atoms with E-state index in [0.29, 0.717) is 0 Å². The molecular weight excluding hydrogens is 172 g/mol. The summed E-state index contributed by atoms with van der Waals surface area (Å²) in [5.41, 5.74) is 0. The number of unbranched alkanes of at least 4 members (excludes halogenated alkanes) is 5. The summed E-state index contributed by atoms with van der Waals surface area (Å²) in [7, 11) is 0. The lowest BCUT2D eigenvalue weighted by Gasteiger charge is -1.95. The summed E-state index contributed by atoms with van der Waals surface area (Å²) in [6.45, 7) is 2.24. The van der Waals surface area contributed by atoms with E-state index in [4.69, 9.17) is 0 Å². The molecule has 0 saturated carbocycles. The quantitative estimate of drug-likeness (QED) is 0.234. The van der Waals surface area contributed by atoms with Crippen LogP contribution in [-0.4, -0.2) is 6.29 Å². The lowest BCUT2D eigenvalue weighted by molar-refractivity contribution is -0.104. The van der Waals surface area contributed by atoms with Gasteiger partial charge in [0.2, 0.25) is 0 Å². The maximum absolute atomic E-state index is 9.93. The van der Waals surface area contributed by atoms with Crippen LogP contribution in [0.1, 0.15) is 51.9 Å². The van der Waals surface area contributed by atoms with E-state index in [9.17, 15) is 4.79 Å². The molecule has 14 heavy (non-hydrogen) atoms. The number of carbonyl (C=O) groups is 1. The molecule has 0 radical (unpaired) electrons. The normalized spacial score (nSPS) is 11.5.